The molecule has 4 rings (SSSR count). The Balaban J connectivity index is 1.40. The molecule has 0 saturated heterocycles. The number of hydrogen-bond donors (Lipinski definition) is 2. The zero-order chi connectivity index (χ0) is 20.8. The van der Waals surface area contributed by atoms with Crippen LogP contribution in [-0.4, -0.2) is 15.8 Å². The average Bonchev–Trinajstić information content (AvgIpc) is 3.46. The van der Waals surface area contributed by atoms with Gasteiger partial charge in [-0.15, -0.1) is 11.3 Å². The lowest BCUT2D eigenvalue weighted by Crippen LogP contribution is -2.37. The molecule has 2 amide bonds. The third-order valence-electron chi connectivity index (χ3n) is 4.65. The summed E-state index contributed by atoms with van der Waals surface area (Å²) in [7, 11) is 0. The molecular weight excluding hydrogens is 399 g/mol. The summed E-state index contributed by atoms with van der Waals surface area (Å²) in [6.45, 7) is 1.08. The van der Waals surface area contributed by atoms with Crippen molar-refractivity contribution in [2.75, 3.05) is 0 Å². The molecule has 0 aliphatic heterocycles. The monoisotopic (exact) mass is 420 g/mol. The number of urea groups is 1. The molecule has 152 valence electrons. The predicted molar refractivity (Wildman–Crippen MR) is 116 cm³/mol. The van der Waals surface area contributed by atoms with Crippen LogP contribution in [0.1, 0.15) is 27.6 Å². The van der Waals surface area contributed by atoms with Crippen LogP contribution in [0, 0.1) is 5.82 Å². The molecule has 2 aromatic carbocycles. The number of halogens is 1. The summed E-state index contributed by atoms with van der Waals surface area (Å²) in [5.74, 6) is -0.303. The molecule has 2 heterocycles. The lowest BCUT2D eigenvalue weighted by atomic mass is 10.1. The molecule has 0 bridgehead atoms. The van der Waals surface area contributed by atoms with Gasteiger partial charge in [0.25, 0.3) is 0 Å². The minimum atomic E-state index is -0.336. The first-order chi connectivity index (χ1) is 14.7. The summed E-state index contributed by atoms with van der Waals surface area (Å²) in [5.41, 5.74) is 2.95. The van der Waals surface area contributed by atoms with Gasteiger partial charge in [0.2, 0.25) is 0 Å². The van der Waals surface area contributed by atoms with E-state index >= 15 is 0 Å². The second kappa shape index (κ2) is 9.37. The standard InChI is InChI=1S/C23H21FN4OS/c24-20-9-7-19(8-10-20)22(21-6-2-13-30-21)27-23(29)25-15-17-4-1-5-18(14-17)16-28-12-3-11-26-28/h1-14,22H,15-16H2,(H2,25,27,29). The Morgan fingerprint density at radius 3 is 2.63 bits per heavy atom. The zero-order valence-electron chi connectivity index (χ0n) is 16.2. The first-order valence-corrected chi connectivity index (χ1v) is 10.4. The van der Waals surface area contributed by atoms with E-state index in [1.807, 2.05) is 52.7 Å². The van der Waals surface area contributed by atoms with E-state index in [2.05, 4.69) is 21.8 Å². The van der Waals surface area contributed by atoms with Gasteiger partial charge >= 0.3 is 6.03 Å². The van der Waals surface area contributed by atoms with Crippen LogP contribution in [0.3, 0.4) is 0 Å². The minimum Gasteiger partial charge on any atom is -0.334 e. The zero-order valence-corrected chi connectivity index (χ0v) is 17.0. The van der Waals surface area contributed by atoms with E-state index in [-0.39, 0.29) is 17.9 Å². The van der Waals surface area contributed by atoms with Crippen LogP contribution in [-0.2, 0) is 13.1 Å². The van der Waals surface area contributed by atoms with Crippen molar-refractivity contribution in [3.8, 4) is 0 Å². The second-order valence-corrected chi connectivity index (χ2v) is 7.83. The predicted octanol–water partition coefficient (Wildman–Crippen LogP) is 4.72. The van der Waals surface area contributed by atoms with Gasteiger partial charge < -0.3 is 10.6 Å². The van der Waals surface area contributed by atoms with Gasteiger partial charge in [-0.05, 0) is 46.3 Å². The van der Waals surface area contributed by atoms with E-state index in [0.29, 0.717) is 13.1 Å². The summed E-state index contributed by atoms with van der Waals surface area (Å²) in [6.07, 6.45) is 3.67. The molecule has 1 unspecified atom stereocenters. The van der Waals surface area contributed by atoms with Crippen LogP contribution < -0.4 is 10.6 Å². The van der Waals surface area contributed by atoms with Crippen molar-refractivity contribution in [3.05, 3.63) is 112 Å². The molecule has 0 aliphatic carbocycles. The number of rotatable bonds is 7. The Kier molecular flexibility index (Phi) is 6.20. The number of hydrogen-bond acceptors (Lipinski definition) is 3. The van der Waals surface area contributed by atoms with E-state index in [1.54, 1.807) is 29.7 Å². The molecular formula is C23H21FN4OS. The smallest absolute Gasteiger partial charge is 0.315 e. The SMILES string of the molecule is O=C(NCc1cccc(Cn2cccn2)c1)NC(c1ccc(F)cc1)c1cccs1. The average molecular weight is 421 g/mol. The first-order valence-electron chi connectivity index (χ1n) is 9.56. The molecule has 0 fully saturated rings. The van der Waals surface area contributed by atoms with Crippen LogP contribution in [0.25, 0.3) is 0 Å². The summed E-state index contributed by atoms with van der Waals surface area (Å²) < 4.78 is 15.2. The molecule has 2 N–H and O–H groups in total. The number of carbonyl (C=O) groups is 1. The van der Waals surface area contributed by atoms with Gasteiger partial charge in [-0.1, -0.05) is 42.5 Å². The highest BCUT2D eigenvalue weighted by molar-refractivity contribution is 7.10. The van der Waals surface area contributed by atoms with Crippen LogP contribution >= 0.6 is 11.3 Å². The maximum absolute atomic E-state index is 13.3. The first kappa shape index (κ1) is 19.8. The molecule has 1 atom stereocenters. The molecule has 30 heavy (non-hydrogen) atoms. The lowest BCUT2D eigenvalue weighted by Gasteiger charge is -2.19. The number of thiophene rings is 1. The van der Waals surface area contributed by atoms with Crippen molar-refractivity contribution in [2.45, 2.75) is 19.1 Å². The van der Waals surface area contributed by atoms with Gasteiger partial charge in [-0.25, -0.2) is 9.18 Å². The Labute approximate surface area is 178 Å². The van der Waals surface area contributed by atoms with Gasteiger partial charge in [0.05, 0.1) is 12.6 Å². The molecule has 0 saturated carbocycles. The van der Waals surface area contributed by atoms with Crippen LogP contribution in [0.2, 0.25) is 0 Å². The fourth-order valence-electron chi connectivity index (χ4n) is 3.21. The van der Waals surface area contributed by atoms with E-state index in [0.717, 1.165) is 21.6 Å². The van der Waals surface area contributed by atoms with E-state index in [1.165, 1.54) is 12.1 Å². The van der Waals surface area contributed by atoms with Crippen LogP contribution in [0.15, 0.2) is 84.5 Å². The third kappa shape index (κ3) is 5.12. The highest BCUT2D eigenvalue weighted by Gasteiger charge is 2.18. The van der Waals surface area contributed by atoms with E-state index in [4.69, 9.17) is 0 Å². The Morgan fingerprint density at radius 1 is 1.07 bits per heavy atom. The third-order valence-corrected chi connectivity index (χ3v) is 5.59. The lowest BCUT2D eigenvalue weighted by molar-refractivity contribution is 0.238. The van der Waals surface area contributed by atoms with Gasteiger partial charge in [0.1, 0.15) is 5.82 Å². The number of aromatic nitrogens is 2. The van der Waals surface area contributed by atoms with Crippen molar-refractivity contribution >= 4 is 17.4 Å². The number of benzene rings is 2. The van der Waals surface area contributed by atoms with Gasteiger partial charge in [-0.3, -0.25) is 4.68 Å². The topological polar surface area (TPSA) is 59.0 Å². The van der Waals surface area contributed by atoms with Crippen molar-refractivity contribution < 1.29 is 9.18 Å². The molecule has 0 spiro atoms. The maximum Gasteiger partial charge on any atom is 0.315 e. The fraction of sp³-hybridized carbons (Fsp3) is 0.130. The summed E-state index contributed by atoms with van der Waals surface area (Å²) >= 11 is 1.55. The number of nitrogens with one attached hydrogen (secondary N) is 2. The molecule has 2 aromatic heterocycles. The van der Waals surface area contributed by atoms with Crippen molar-refractivity contribution in [3.63, 3.8) is 0 Å². The van der Waals surface area contributed by atoms with Gasteiger partial charge in [-0.2, -0.15) is 5.10 Å². The summed E-state index contributed by atoms with van der Waals surface area (Å²) in [5, 5.41) is 12.1. The van der Waals surface area contributed by atoms with E-state index < -0.39 is 0 Å². The fourth-order valence-corrected chi connectivity index (χ4v) is 4.02. The Bertz CT molecular complexity index is 1080. The number of carbonyl (C=O) groups excluding carboxylic acids is 1. The highest BCUT2D eigenvalue weighted by atomic mass is 32.1. The van der Waals surface area contributed by atoms with Crippen molar-refractivity contribution in [1.82, 2.24) is 20.4 Å². The molecule has 5 nitrogen and oxygen atoms in total. The summed E-state index contributed by atoms with van der Waals surface area (Å²) in [6, 6.07) is 19.4. The molecule has 0 radical (unpaired) electrons. The summed E-state index contributed by atoms with van der Waals surface area (Å²) in [4.78, 5) is 13.6. The maximum atomic E-state index is 13.3. The van der Waals surface area contributed by atoms with Crippen molar-refractivity contribution in [2.24, 2.45) is 0 Å². The Morgan fingerprint density at radius 2 is 1.90 bits per heavy atom. The quantitative estimate of drug-likeness (QED) is 0.454. The largest absolute Gasteiger partial charge is 0.334 e. The van der Waals surface area contributed by atoms with Crippen molar-refractivity contribution in [1.29, 1.82) is 0 Å². The normalized spacial score (nSPS) is 11.8. The minimum absolute atomic E-state index is 0.282. The van der Waals surface area contributed by atoms with Crippen LogP contribution in [0.5, 0.6) is 0 Å². The number of nitrogens with zero attached hydrogens (tertiary/aromatic N) is 2. The second-order valence-electron chi connectivity index (χ2n) is 6.85. The molecule has 4 aromatic rings. The number of amides is 2. The van der Waals surface area contributed by atoms with Crippen LogP contribution in [0.4, 0.5) is 9.18 Å². The Hall–Kier alpha value is -3.45. The van der Waals surface area contributed by atoms with Gasteiger partial charge in [0, 0.05) is 23.8 Å². The van der Waals surface area contributed by atoms with Gasteiger partial charge in [0.15, 0.2) is 0 Å². The molecule has 0 aliphatic rings. The highest BCUT2D eigenvalue weighted by Crippen LogP contribution is 2.26. The molecule has 7 heteroatoms. The van der Waals surface area contributed by atoms with E-state index in [9.17, 15) is 9.18 Å².